The molecule has 0 aromatic heterocycles. The lowest BCUT2D eigenvalue weighted by Crippen LogP contribution is -2.39. The molecule has 0 heterocycles. The van der Waals surface area contributed by atoms with Gasteiger partial charge >= 0.3 is 0 Å². The summed E-state index contributed by atoms with van der Waals surface area (Å²) >= 11 is 5.83. The molecule has 0 saturated carbocycles. The fourth-order valence-corrected chi connectivity index (χ4v) is 2.36. The van der Waals surface area contributed by atoms with E-state index in [0.717, 1.165) is 16.8 Å². The van der Waals surface area contributed by atoms with Crippen LogP contribution in [-0.2, 0) is 16.1 Å². The van der Waals surface area contributed by atoms with Gasteiger partial charge in [-0.05, 0) is 36.2 Å². The molecule has 5 heteroatoms. The second-order valence-corrected chi connectivity index (χ2v) is 5.73. The van der Waals surface area contributed by atoms with E-state index in [2.05, 4.69) is 5.32 Å². The average Bonchev–Trinajstić information content (AvgIpc) is 2.52. The molecule has 2 aromatic carbocycles. The van der Waals surface area contributed by atoms with Gasteiger partial charge in [0.2, 0.25) is 11.8 Å². The van der Waals surface area contributed by atoms with Crippen LogP contribution in [0.15, 0.2) is 48.5 Å². The Morgan fingerprint density at radius 3 is 2.35 bits per heavy atom. The van der Waals surface area contributed by atoms with E-state index in [4.69, 9.17) is 11.6 Å². The highest BCUT2D eigenvalue weighted by molar-refractivity contribution is 6.30. The van der Waals surface area contributed by atoms with Crippen LogP contribution in [0.5, 0.6) is 0 Å². The van der Waals surface area contributed by atoms with Gasteiger partial charge in [0, 0.05) is 24.2 Å². The van der Waals surface area contributed by atoms with E-state index in [9.17, 15) is 9.59 Å². The first-order chi connectivity index (χ1) is 11.0. The number of benzene rings is 2. The minimum Gasteiger partial charge on any atom is -0.350 e. The second-order valence-electron chi connectivity index (χ2n) is 5.29. The lowest BCUT2D eigenvalue weighted by atomic mass is 10.2. The van der Waals surface area contributed by atoms with Crippen LogP contribution in [0, 0.1) is 6.92 Å². The van der Waals surface area contributed by atoms with Gasteiger partial charge in [-0.1, -0.05) is 41.9 Å². The molecule has 0 atom stereocenters. The summed E-state index contributed by atoms with van der Waals surface area (Å²) in [5.74, 6) is -0.376. The van der Waals surface area contributed by atoms with E-state index >= 15 is 0 Å². The maximum atomic E-state index is 12.2. The van der Waals surface area contributed by atoms with Crippen LogP contribution in [0.25, 0.3) is 0 Å². The molecule has 0 unspecified atom stereocenters. The third-order valence-electron chi connectivity index (χ3n) is 3.49. The normalized spacial score (nSPS) is 10.2. The molecular weight excluding hydrogens is 312 g/mol. The summed E-state index contributed by atoms with van der Waals surface area (Å²) in [6, 6.07) is 14.8. The number of nitrogens with one attached hydrogen (secondary N) is 1. The number of amides is 2. The lowest BCUT2D eigenvalue weighted by Gasteiger charge is -2.22. The topological polar surface area (TPSA) is 49.4 Å². The standard InChI is InChI=1S/C18H19ClN2O2/c1-13-5-3-4-6-17(13)21(14(2)22)12-18(23)20-11-15-7-9-16(19)10-8-15/h3-10H,11-12H2,1-2H3,(H,20,23). The summed E-state index contributed by atoms with van der Waals surface area (Å²) in [5.41, 5.74) is 2.66. The molecule has 120 valence electrons. The molecule has 0 fully saturated rings. The zero-order valence-electron chi connectivity index (χ0n) is 13.2. The Bertz CT molecular complexity index is 698. The maximum absolute atomic E-state index is 12.2. The summed E-state index contributed by atoms with van der Waals surface area (Å²) in [6.45, 7) is 3.76. The predicted molar refractivity (Wildman–Crippen MR) is 92.5 cm³/mol. The van der Waals surface area contributed by atoms with Crippen molar-refractivity contribution >= 4 is 29.1 Å². The third-order valence-corrected chi connectivity index (χ3v) is 3.74. The number of anilines is 1. The van der Waals surface area contributed by atoms with Gasteiger partial charge in [-0.25, -0.2) is 0 Å². The van der Waals surface area contributed by atoms with Gasteiger partial charge < -0.3 is 10.2 Å². The summed E-state index contributed by atoms with van der Waals surface area (Å²) in [5, 5.41) is 3.47. The molecule has 0 saturated heterocycles. The van der Waals surface area contributed by atoms with Crippen LogP contribution in [0.1, 0.15) is 18.1 Å². The number of halogens is 1. The van der Waals surface area contributed by atoms with Crippen molar-refractivity contribution in [2.45, 2.75) is 20.4 Å². The van der Waals surface area contributed by atoms with E-state index in [1.807, 2.05) is 43.3 Å². The van der Waals surface area contributed by atoms with Gasteiger partial charge in [-0.15, -0.1) is 0 Å². The van der Waals surface area contributed by atoms with Crippen molar-refractivity contribution in [2.24, 2.45) is 0 Å². The molecule has 0 aliphatic carbocycles. The van der Waals surface area contributed by atoms with Crippen molar-refractivity contribution in [2.75, 3.05) is 11.4 Å². The highest BCUT2D eigenvalue weighted by Crippen LogP contribution is 2.19. The van der Waals surface area contributed by atoms with Crippen LogP contribution in [0.4, 0.5) is 5.69 Å². The predicted octanol–water partition coefficient (Wildman–Crippen LogP) is 3.32. The van der Waals surface area contributed by atoms with E-state index in [1.54, 1.807) is 12.1 Å². The number of hydrogen-bond donors (Lipinski definition) is 1. The van der Waals surface area contributed by atoms with Gasteiger partial charge in [0.05, 0.1) is 0 Å². The Balaban J connectivity index is 2.00. The second kappa shape index (κ2) is 7.79. The Hall–Kier alpha value is -2.33. The monoisotopic (exact) mass is 330 g/mol. The highest BCUT2D eigenvalue weighted by atomic mass is 35.5. The minimum absolute atomic E-state index is 0.00617. The van der Waals surface area contributed by atoms with Gasteiger partial charge in [0.25, 0.3) is 0 Å². The van der Waals surface area contributed by atoms with Crippen molar-refractivity contribution in [3.63, 3.8) is 0 Å². The summed E-state index contributed by atoms with van der Waals surface area (Å²) in [4.78, 5) is 25.5. The number of nitrogens with zero attached hydrogens (tertiary/aromatic N) is 1. The van der Waals surface area contributed by atoms with Crippen LogP contribution >= 0.6 is 11.6 Å². The fraction of sp³-hybridized carbons (Fsp3) is 0.222. The number of carbonyl (C=O) groups is 2. The van der Waals surface area contributed by atoms with Gasteiger partial charge in [-0.2, -0.15) is 0 Å². The van der Waals surface area contributed by atoms with Crippen LogP contribution in [-0.4, -0.2) is 18.4 Å². The first kappa shape index (κ1) is 17.0. The third kappa shape index (κ3) is 4.83. The first-order valence-electron chi connectivity index (χ1n) is 7.32. The SMILES string of the molecule is CC(=O)N(CC(=O)NCc1ccc(Cl)cc1)c1ccccc1C. The first-order valence-corrected chi connectivity index (χ1v) is 7.70. The molecule has 1 N–H and O–H groups in total. The van der Waals surface area contributed by atoms with Gasteiger partial charge in [0.1, 0.15) is 6.54 Å². The molecule has 0 aliphatic rings. The number of aryl methyl sites for hydroxylation is 1. The molecule has 0 bridgehead atoms. The van der Waals surface area contributed by atoms with Crippen LogP contribution in [0.3, 0.4) is 0 Å². The largest absolute Gasteiger partial charge is 0.350 e. The van der Waals surface area contributed by atoms with E-state index in [-0.39, 0.29) is 18.4 Å². The van der Waals surface area contributed by atoms with Crippen molar-refractivity contribution in [3.05, 3.63) is 64.7 Å². The molecule has 2 amide bonds. The molecule has 2 aromatic rings. The molecule has 0 radical (unpaired) electrons. The van der Waals surface area contributed by atoms with E-state index in [0.29, 0.717) is 11.6 Å². The van der Waals surface area contributed by atoms with Gasteiger partial charge in [0.15, 0.2) is 0 Å². The smallest absolute Gasteiger partial charge is 0.240 e. The van der Waals surface area contributed by atoms with Crippen molar-refractivity contribution in [1.82, 2.24) is 5.32 Å². The number of carbonyl (C=O) groups excluding carboxylic acids is 2. The van der Waals surface area contributed by atoms with Crippen molar-refractivity contribution in [3.8, 4) is 0 Å². The lowest BCUT2D eigenvalue weighted by molar-refractivity contribution is -0.123. The highest BCUT2D eigenvalue weighted by Gasteiger charge is 2.17. The van der Waals surface area contributed by atoms with E-state index < -0.39 is 0 Å². The maximum Gasteiger partial charge on any atom is 0.240 e. The van der Waals surface area contributed by atoms with Crippen molar-refractivity contribution < 1.29 is 9.59 Å². The summed E-state index contributed by atoms with van der Waals surface area (Å²) < 4.78 is 0. The zero-order valence-corrected chi connectivity index (χ0v) is 13.9. The minimum atomic E-state index is -0.210. The molecule has 0 spiro atoms. The molecule has 0 aliphatic heterocycles. The van der Waals surface area contributed by atoms with Gasteiger partial charge in [-0.3, -0.25) is 9.59 Å². The fourth-order valence-electron chi connectivity index (χ4n) is 2.23. The van der Waals surface area contributed by atoms with E-state index in [1.165, 1.54) is 11.8 Å². The molecular formula is C18H19ClN2O2. The molecule has 4 nitrogen and oxygen atoms in total. The Labute approximate surface area is 141 Å². The molecule has 2 rings (SSSR count). The van der Waals surface area contributed by atoms with Crippen LogP contribution < -0.4 is 10.2 Å². The Morgan fingerprint density at radius 2 is 1.74 bits per heavy atom. The summed E-state index contributed by atoms with van der Waals surface area (Å²) in [7, 11) is 0. The number of hydrogen-bond acceptors (Lipinski definition) is 2. The zero-order chi connectivity index (χ0) is 16.8. The Kier molecular flexibility index (Phi) is 5.77. The molecule has 23 heavy (non-hydrogen) atoms. The quantitative estimate of drug-likeness (QED) is 0.914. The number of rotatable bonds is 5. The Morgan fingerprint density at radius 1 is 1.09 bits per heavy atom. The summed E-state index contributed by atoms with van der Waals surface area (Å²) in [6.07, 6.45) is 0. The average molecular weight is 331 g/mol. The van der Waals surface area contributed by atoms with Crippen molar-refractivity contribution in [1.29, 1.82) is 0 Å². The van der Waals surface area contributed by atoms with Crippen LogP contribution in [0.2, 0.25) is 5.02 Å². The number of para-hydroxylation sites is 1.